The quantitative estimate of drug-likeness (QED) is 0.664. The van der Waals surface area contributed by atoms with Crippen molar-refractivity contribution in [3.8, 4) is 5.75 Å². The van der Waals surface area contributed by atoms with Crippen molar-refractivity contribution in [1.29, 1.82) is 0 Å². The Hall–Kier alpha value is -3.21. The van der Waals surface area contributed by atoms with Crippen LogP contribution in [0.15, 0.2) is 66.9 Å². The van der Waals surface area contributed by atoms with Crippen molar-refractivity contribution in [1.82, 2.24) is 9.88 Å². The standard InChI is InChI=1S/C25H25FN2O2/c26-21-9-4-18(5-10-21)15-22-11-8-20(17-27-22)24-3-1-2-14-28(24)25(30)16-19-6-12-23(29)13-7-19/h4-13,17,24,29H,1-3,14-16H2. The lowest BCUT2D eigenvalue weighted by Crippen LogP contribution is -2.39. The summed E-state index contributed by atoms with van der Waals surface area (Å²) in [4.78, 5) is 19.5. The van der Waals surface area contributed by atoms with Crippen molar-refractivity contribution in [2.75, 3.05) is 6.54 Å². The molecule has 154 valence electrons. The van der Waals surface area contributed by atoms with Gasteiger partial charge in [-0.15, -0.1) is 0 Å². The first-order valence-electron chi connectivity index (χ1n) is 10.3. The van der Waals surface area contributed by atoms with E-state index in [1.54, 1.807) is 36.4 Å². The molecular weight excluding hydrogens is 379 g/mol. The van der Waals surface area contributed by atoms with E-state index in [-0.39, 0.29) is 23.5 Å². The van der Waals surface area contributed by atoms with E-state index in [1.807, 2.05) is 17.2 Å². The fourth-order valence-electron chi connectivity index (χ4n) is 4.02. The van der Waals surface area contributed by atoms with Gasteiger partial charge in [-0.25, -0.2) is 4.39 Å². The van der Waals surface area contributed by atoms with Gasteiger partial charge in [0.1, 0.15) is 11.6 Å². The number of hydrogen-bond acceptors (Lipinski definition) is 3. The Bertz CT molecular complexity index is 985. The van der Waals surface area contributed by atoms with Gasteiger partial charge in [-0.3, -0.25) is 9.78 Å². The molecule has 1 aromatic heterocycles. The Kier molecular flexibility index (Phi) is 6.07. The zero-order valence-electron chi connectivity index (χ0n) is 16.8. The van der Waals surface area contributed by atoms with E-state index in [4.69, 9.17) is 0 Å². The lowest BCUT2D eigenvalue weighted by Gasteiger charge is -2.36. The van der Waals surface area contributed by atoms with Crippen LogP contribution in [-0.4, -0.2) is 27.4 Å². The molecule has 5 heteroatoms. The van der Waals surface area contributed by atoms with Gasteiger partial charge in [0.05, 0.1) is 12.5 Å². The number of hydrogen-bond donors (Lipinski definition) is 1. The van der Waals surface area contributed by atoms with Crippen LogP contribution in [0.1, 0.15) is 47.7 Å². The number of phenolic OH excluding ortho intramolecular Hbond substituents is 1. The summed E-state index contributed by atoms with van der Waals surface area (Å²) in [6.45, 7) is 0.749. The first-order chi connectivity index (χ1) is 14.6. The molecule has 1 amide bonds. The average molecular weight is 404 g/mol. The summed E-state index contributed by atoms with van der Waals surface area (Å²) in [6, 6.07) is 17.4. The number of carbonyl (C=O) groups is 1. The lowest BCUT2D eigenvalue weighted by molar-refractivity contribution is -0.134. The second-order valence-corrected chi connectivity index (χ2v) is 7.83. The van der Waals surface area contributed by atoms with Gasteiger partial charge < -0.3 is 10.0 Å². The number of pyridine rings is 1. The number of rotatable bonds is 5. The summed E-state index contributed by atoms with van der Waals surface area (Å²) in [6.07, 6.45) is 5.87. The molecule has 3 aromatic rings. The Morgan fingerprint density at radius 2 is 1.73 bits per heavy atom. The van der Waals surface area contributed by atoms with Gasteiger partial charge >= 0.3 is 0 Å². The number of piperidine rings is 1. The third-order valence-electron chi connectivity index (χ3n) is 5.65. The summed E-state index contributed by atoms with van der Waals surface area (Å²) < 4.78 is 13.1. The molecule has 1 atom stereocenters. The summed E-state index contributed by atoms with van der Waals surface area (Å²) in [5.41, 5.74) is 3.88. The van der Waals surface area contributed by atoms with E-state index in [2.05, 4.69) is 11.1 Å². The molecule has 1 aliphatic heterocycles. The monoisotopic (exact) mass is 404 g/mol. The van der Waals surface area contributed by atoms with E-state index in [0.717, 1.165) is 48.2 Å². The van der Waals surface area contributed by atoms with E-state index in [0.29, 0.717) is 12.8 Å². The molecule has 2 aromatic carbocycles. The Morgan fingerprint density at radius 1 is 1.00 bits per heavy atom. The highest BCUT2D eigenvalue weighted by atomic mass is 19.1. The van der Waals surface area contributed by atoms with E-state index in [9.17, 15) is 14.3 Å². The molecule has 1 fully saturated rings. The van der Waals surface area contributed by atoms with Gasteiger partial charge in [-0.2, -0.15) is 0 Å². The van der Waals surface area contributed by atoms with Crippen LogP contribution in [0.3, 0.4) is 0 Å². The zero-order valence-corrected chi connectivity index (χ0v) is 16.8. The molecule has 2 heterocycles. The predicted molar refractivity (Wildman–Crippen MR) is 114 cm³/mol. The van der Waals surface area contributed by atoms with Crippen molar-refractivity contribution in [3.63, 3.8) is 0 Å². The van der Waals surface area contributed by atoms with E-state index >= 15 is 0 Å². The summed E-state index contributed by atoms with van der Waals surface area (Å²) in [5, 5.41) is 9.44. The second kappa shape index (κ2) is 9.08. The SMILES string of the molecule is O=C(Cc1ccc(O)cc1)N1CCCCC1c1ccc(Cc2ccc(F)cc2)nc1. The van der Waals surface area contributed by atoms with Gasteiger partial charge in [-0.05, 0) is 66.3 Å². The first-order valence-corrected chi connectivity index (χ1v) is 10.3. The van der Waals surface area contributed by atoms with Gasteiger partial charge in [0.2, 0.25) is 5.91 Å². The number of benzene rings is 2. The van der Waals surface area contributed by atoms with Crippen LogP contribution in [-0.2, 0) is 17.6 Å². The molecule has 30 heavy (non-hydrogen) atoms. The van der Waals surface area contributed by atoms with Crippen LogP contribution in [0.4, 0.5) is 4.39 Å². The average Bonchev–Trinajstić information content (AvgIpc) is 2.77. The minimum Gasteiger partial charge on any atom is -0.508 e. The Balaban J connectivity index is 1.45. The number of phenols is 1. The third-order valence-corrected chi connectivity index (χ3v) is 5.65. The normalized spacial score (nSPS) is 16.4. The molecule has 0 spiro atoms. The minimum atomic E-state index is -0.239. The number of carbonyl (C=O) groups excluding carboxylic acids is 1. The van der Waals surface area contributed by atoms with Crippen molar-refractivity contribution < 1.29 is 14.3 Å². The van der Waals surface area contributed by atoms with Crippen molar-refractivity contribution >= 4 is 5.91 Å². The number of aromatic nitrogens is 1. The highest BCUT2D eigenvalue weighted by molar-refractivity contribution is 5.79. The number of halogens is 1. The van der Waals surface area contributed by atoms with Crippen LogP contribution in [0, 0.1) is 5.82 Å². The molecule has 1 N–H and O–H groups in total. The van der Waals surface area contributed by atoms with Gasteiger partial charge in [0.15, 0.2) is 0 Å². The second-order valence-electron chi connectivity index (χ2n) is 7.83. The highest BCUT2D eigenvalue weighted by Crippen LogP contribution is 2.31. The largest absolute Gasteiger partial charge is 0.508 e. The molecule has 1 aliphatic rings. The van der Waals surface area contributed by atoms with E-state index < -0.39 is 0 Å². The van der Waals surface area contributed by atoms with E-state index in [1.165, 1.54) is 12.1 Å². The molecule has 4 nitrogen and oxygen atoms in total. The maximum absolute atomic E-state index is 13.1. The zero-order chi connectivity index (χ0) is 20.9. The molecule has 1 saturated heterocycles. The Morgan fingerprint density at radius 3 is 2.43 bits per heavy atom. The molecule has 0 bridgehead atoms. The third kappa shape index (κ3) is 4.85. The first kappa shape index (κ1) is 20.1. The molecule has 0 saturated carbocycles. The molecule has 0 radical (unpaired) electrons. The van der Waals surface area contributed by atoms with Crippen LogP contribution >= 0.6 is 0 Å². The van der Waals surface area contributed by atoms with Crippen molar-refractivity contribution in [3.05, 3.63) is 95.1 Å². The highest BCUT2D eigenvalue weighted by Gasteiger charge is 2.28. The molecule has 0 aliphatic carbocycles. The summed E-state index contributed by atoms with van der Waals surface area (Å²) in [7, 11) is 0. The molecule has 1 unspecified atom stereocenters. The molecule has 4 rings (SSSR count). The number of amides is 1. The lowest BCUT2D eigenvalue weighted by atomic mass is 9.95. The smallest absolute Gasteiger partial charge is 0.227 e. The topological polar surface area (TPSA) is 53.4 Å². The summed E-state index contributed by atoms with van der Waals surface area (Å²) >= 11 is 0. The van der Waals surface area contributed by atoms with Crippen molar-refractivity contribution in [2.45, 2.75) is 38.1 Å². The predicted octanol–water partition coefficient (Wildman–Crippen LogP) is 4.81. The van der Waals surface area contributed by atoms with Crippen LogP contribution in [0.2, 0.25) is 0 Å². The van der Waals surface area contributed by atoms with Crippen LogP contribution in [0.25, 0.3) is 0 Å². The van der Waals surface area contributed by atoms with Gasteiger partial charge in [-0.1, -0.05) is 30.3 Å². The van der Waals surface area contributed by atoms with Gasteiger partial charge in [0.25, 0.3) is 0 Å². The van der Waals surface area contributed by atoms with Crippen LogP contribution in [0.5, 0.6) is 5.75 Å². The fraction of sp³-hybridized carbons (Fsp3) is 0.280. The maximum Gasteiger partial charge on any atom is 0.227 e. The number of nitrogens with zero attached hydrogens (tertiary/aromatic N) is 2. The summed E-state index contributed by atoms with van der Waals surface area (Å²) in [5.74, 6) is 0.0612. The molecular formula is C25H25FN2O2. The Labute approximate surface area is 176 Å². The van der Waals surface area contributed by atoms with Crippen LogP contribution < -0.4 is 0 Å². The number of aromatic hydroxyl groups is 1. The van der Waals surface area contributed by atoms with Crippen molar-refractivity contribution in [2.24, 2.45) is 0 Å². The minimum absolute atomic E-state index is 0.0377. The fourth-order valence-corrected chi connectivity index (χ4v) is 4.02. The number of likely N-dealkylation sites (tertiary alicyclic amines) is 1. The van der Waals surface area contributed by atoms with Gasteiger partial charge in [0, 0.05) is 24.9 Å². The maximum atomic E-state index is 13.1.